The lowest BCUT2D eigenvalue weighted by molar-refractivity contribution is -0.144. The van der Waals surface area contributed by atoms with Gasteiger partial charge in [0, 0.05) is 22.7 Å². The van der Waals surface area contributed by atoms with Gasteiger partial charge in [0.05, 0.1) is 22.3 Å². The normalized spacial score (nSPS) is 13.7. The van der Waals surface area contributed by atoms with Gasteiger partial charge in [-0.2, -0.15) is 52.7 Å². The molecule has 4 bridgehead atoms. The molecule has 0 amide bonds. The van der Waals surface area contributed by atoms with Crippen LogP contribution < -0.4 is 43.0 Å². The second kappa shape index (κ2) is 14.6. The molecule has 4 aliphatic carbocycles. The lowest BCUT2D eigenvalue weighted by Crippen LogP contribution is -2.36. The van der Waals surface area contributed by atoms with Crippen molar-refractivity contribution in [2.75, 3.05) is 21.3 Å². The fourth-order valence-electron chi connectivity index (χ4n) is 6.66. The number of hydrogen-bond acceptors (Lipinski definition) is 8. The number of halogens is 12. The zero-order valence-electron chi connectivity index (χ0n) is 29.9. The third-order valence-corrected chi connectivity index (χ3v) is 9.77. The van der Waals surface area contributed by atoms with Crippen molar-refractivity contribution >= 4 is 45.5 Å². The largest absolute Gasteiger partial charge is 0.416 e. The zero-order valence-corrected chi connectivity index (χ0v) is 29.9. The Bertz CT molecular complexity index is 2570. The van der Waals surface area contributed by atoms with Crippen molar-refractivity contribution < 1.29 is 52.7 Å². The summed E-state index contributed by atoms with van der Waals surface area (Å²) in [5, 5.41) is 10.1. The van der Waals surface area contributed by atoms with E-state index in [1.54, 1.807) is 36.4 Å². The molecule has 6 aromatic carbocycles. The highest BCUT2D eigenvalue weighted by Crippen LogP contribution is 2.41. The lowest BCUT2D eigenvalue weighted by Gasteiger charge is -2.21. The van der Waals surface area contributed by atoms with Gasteiger partial charge in [-0.15, -0.1) is 0 Å². The molecule has 0 unspecified atom stereocenters. The molecule has 4 N–H and O–H groups in total. The van der Waals surface area contributed by atoms with Crippen molar-refractivity contribution in [2.24, 2.45) is 0 Å². The molecule has 60 heavy (non-hydrogen) atoms. The maximum atomic E-state index is 13.5. The summed E-state index contributed by atoms with van der Waals surface area (Å²) >= 11 is 0. The van der Waals surface area contributed by atoms with Crippen LogP contribution in [-0.2, 0) is 50.4 Å². The fraction of sp³-hybridized carbons (Fsp3) is 0.200. The molecule has 312 valence electrons. The standard InChI is InChI=1S/C40H24F12N4O4/c41-37(42,43)21-11-22(38(44,45)46)14-25(13-21)53-29-31(35(59)33(29)57)55-27-9-17-1-5-19(27)8-4-18-2-6-20(7-3-17)28(10-18)56-32-30(34(58)36(32)60)54-26-15-23(39(47,48)49)12-24(16-26)40(50,51)52/h1-2,5-6,9-16,53-56H,3-4,7-8H2. The number of anilines is 8. The Labute approximate surface area is 327 Å². The minimum absolute atomic E-state index is 0.0890. The van der Waals surface area contributed by atoms with Crippen LogP contribution in [0.1, 0.15) is 44.5 Å². The van der Waals surface area contributed by atoms with Gasteiger partial charge < -0.3 is 21.3 Å². The number of aryl methyl sites for hydroxylation is 4. The van der Waals surface area contributed by atoms with Crippen LogP contribution in [0, 0.1) is 0 Å². The smallest absolute Gasteiger partial charge is 0.350 e. The van der Waals surface area contributed by atoms with E-state index in [1.165, 1.54) is 0 Å². The third kappa shape index (κ3) is 8.30. The molecular formula is C40H24F12N4O4. The van der Waals surface area contributed by atoms with Gasteiger partial charge in [-0.25, -0.2) is 0 Å². The maximum absolute atomic E-state index is 13.5. The predicted octanol–water partition coefficient (Wildman–Crippen LogP) is 9.81. The molecule has 8 nitrogen and oxygen atoms in total. The summed E-state index contributed by atoms with van der Waals surface area (Å²) in [5.74, 6) is 0. The van der Waals surface area contributed by atoms with E-state index >= 15 is 0 Å². The van der Waals surface area contributed by atoms with E-state index in [4.69, 9.17) is 0 Å². The minimum Gasteiger partial charge on any atom is -0.350 e. The highest BCUT2D eigenvalue weighted by molar-refractivity contribution is 5.84. The number of hydrogen-bond donors (Lipinski definition) is 4. The summed E-state index contributed by atoms with van der Waals surface area (Å²) in [7, 11) is 0. The van der Waals surface area contributed by atoms with Crippen LogP contribution >= 0.6 is 0 Å². The Morgan fingerprint density at radius 2 is 0.633 bits per heavy atom. The van der Waals surface area contributed by atoms with Gasteiger partial charge in [0.1, 0.15) is 22.7 Å². The summed E-state index contributed by atoms with van der Waals surface area (Å²) in [6.45, 7) is 0. The van der Waals surface area contributed by atoms with Gasteiger partial charge in [0.25, 0.3) is 21.7 Å². The Morgan fingerprint density at radius 3 is 0.917 bits per heavy atom. The summed E-state index contributed by atoms with van der Waals surface area (Å²) in [6, 6.07) is 11.4. The van der Waals surface area contributed by atoms with Crippen LogP contribution in [0.2, 0.25) is 0 Å². The SMILES string of the molecule is O=c1c(Nc2cc(C(F)(F)F)cc(C(F)(F)F)c2)c(Nc2cc3ccc2CCc2ccc(c(Nc4c(Nc5cc(C(F)(F)F)cc(C(F)(F)F)c5)c(=O)c4=O)c2)CC3)c1=O. The van der Waals surface area contributed by atoms with Gasteiger partial charge in [0.2, 0.25) is 0 Å². The highest BCUT2D eigenvalue weighted by atomic mass is 19.4. The Morgan fingerprint density at radius 1 is 0.350 bits per heavy atom. The Kier molecular flexibility index (Phi) is 10.1. The van der Waals surface area contributed by atoms with Crippen molar-refractivity contribution in [1.29, 1.82) is 0 Å². The molecule has 0 radical (unpaired) electrons. The highest BCUT2D eigenvalue weighted by Gasteiger charge is 2.39. The van der Waals surface area contributed by atoms with Gasteiger partial charge in [-0.3, -0.25) is 19.2 Å². The van der Waals surface area contributed by atoms with Crippen LogP contribution in [0.5, 0.6) is 0 Å². The molecule has 10 rings (SSSR count). The molecule has 0 heterocycles. The summed E-state index contributed by atoms with van der Waals surface area (Å²) in [5.41, 5.74) is -11.5. The summed E-state index contributed by atoms with van der Waals surface area (Å²) < 4.78 is 162. The average molecular weight is 853 g/mol. The van der Waals surface area contributed by atoms with E-state index in [-0.39, 0.29) is 37.8 Å². The van der Waals surface area contributed by atoms with Crippen molar-refractivity contribution in [3.63, 3.8) is 0 Å². The molecule has 20 heteroatoms. The minimum atomic E-state index is -5.17. The van der Waals surface area contributed by atoms with Crippen LogP contribution in [-0.4, -0.2) is 0 Å². The Hall–Kier alpha value is -6.60. The zero-order chi connectivity index (χ0) is 43.7. The maximum Gasteiger partial charge on any atom is 0.416 e. The Balaban J connectivity index is 1.14. The molecule has 0 spiro atoms. The van der Waals surface area contributed by atoms with Gasteiger partial charge >= 0.3 is 24.7 Å². The third-order valence-electron chi connectivity index (χ3n) is 9.77. The molecule has 0 aromatic heterocycles. The molecule has 0 atom stereocenters. The molecule has 0 saturated carbocycles. The monoisotopic (exact) mass is 852 g/mol. The molecule has 6 aromatic rings. The second-order valence-electron chi connectivity index (χ2n) is 13.9. The van der Waals surface area contributed by atoms with Crippen LogP contribution in [0.25, 0.3) is 0 Å². The van der Waals surface area contributed by atoms with Crippen molar-refractivity contribution in [3.8, 4) is 0 Å². The average Bonchev–Trinajstić information content (AvgIpc) is 3.16. The van der Waals surface area contributed by atoms with E-state index in [2.05, 4.69) is 21.3 Å². The molecule has 4 aliphatic rings. The van der Waals surface area contributed by atoms with Crippen LogP contribution in [0.3, 0.4) is 0 Å². The quantitative estimate of drug-likeness (QED) is 0.0884. The van der Waals surface area contributed by atoms with Crippen LogP contribution in [0.15, 0.2) is 92.0 Å². The molecule has 0 saturated heterocycles. The number of benzene rings is 4. The fourth-order valence-corrected chi connectivity index (χ4v) is 6.66. The van der Waals surface area contributed by atoms with Gasteiger partial charge in [-0.05, 0) is 96.5 Å². The van der Waals surface area contributed by atoms with E-state index in [1.807, 2.05) is 0 Å². The van der Waals surface area contributed by atoms with Crippen molar-refractivity contribution in [2.45, 2.75) is 50.4 Å². The number of nitrogens with one attached hydrogen (secondary N) is 4. The first kappa shape index (κ1) is 41.6. The first-order valence-corrected chi connectivity index (χ1v) is 17.4. The molecular weight excluding hydrogens is 828 g/mol. The van der Waals surface area contributed by atoms with E-state index in [9.17, 15) is 71.9 Å². The van der Waals surface area contributed by atoms with Crippen molar-refractivity contribution in [1.82, 2.24) is 0 Å². The summed E-state index contributed by atoms with van der Waals surface area (Å²) in [4.78, 5) is 50.5. The van der Waals surface area contributed by atoms with Crippen molar-refractivity contribution in [3.05, 3.63) is 158 Å². The van der Waals surface area contributed by atoms with Crippen LogP contribution in [0.4, 0.5) is 98.2 Å². The van der Waals surface area contributed by atoms with E-state index < -0.39 is 103 Å². The predicted molar refractivity (Wildman–Crippen MR) is 196 cm³/mol. The molecule has 0 aliphatic heterocycles. The lowest BCUT2D eigenvalue weighted by atomic mass is 9.94. The van der Waals surface area contributed by atoms with Gasteiger partial charge in [0.15, 0.2) is 0 Å². The molecule has 0 fully saturated rings. The first-order chi connectivity index (χ1) is 27.9. The van der Waals surface area contributed by atoms with E-state index in [0.717, 1.165) is 0 Å². The van der Waals surface area contributed by atoms with Gasteiger partial charge in [-0.1, -0.05) is 24.3 Å². The first-order valence-electron chi connectivity index (χ1n) is 17.4. The second-order valence-corrected chi connectivity index (χ2v) is 13.9. The number of alkyl halides is 12. The summed E-state index contributed by atoms with van der Waals surface area (Å²) in [6.07, 6.45) is -19.7. The number of rotatable bonds is 8. The van der Waals surface area contributed by atoms with E-state index in [0.29, 0.717) is 57.9 Å². The topological polar surface area (TPSA) is 116 Å².